The number of ether oxygens (including phenoxy) is 2. The minimum Gasteiger partial charge on any atom is -0.379 e. The van der Waals surface area contributed by atoms with E-state index in [2.05, 4.69) is 12.2 Å². The van der Waals surface area contributed by atoms with Crippen LogP contribution in [0.3, 0.4) is 0 Å². The molecule has 0 saturated carbocycles. The monoisotopic (exact) mass is 185 g/mol. The molecule has 2 heterocycles. The van der Waals surface area contributed by atoms with E-state index in [-0.39, 0.29) is 0 Å². The molecule has 2 fully saturated rings. The van der Waals surface area contributed by atoms with E-state index in [4.69, 9.17) is 9.47 Å². The Morgan fingerprint density at radius 3 is 3.00 bits per heavy atom. The zero-order valence-electron chi connectivity index (χ0n) is 8.29. The average Bonchev–Trinajstić information content (AvgIpc) is 2.61. The number of rotatable bonds is 2. The zero-order chi connectivity index (χ0) is 9.10. The summed E-state index contributed by atoms with van der Waals surface area (Å²) >= 11 is 0. The fraction of sp³-hybridized carbons (Fsp3) is 1.00. The van der Waals surface area contributed by atoms with Gasteiger partial charge in [-0.1, -0.05) is 6.92 Å². The lowest BCUT2D eigenvalue weighted by atomic mass is 9.98. The third-order valence-electron chi connectivity index (χ3n) is 2.96. The lowest BCUT2D eigenvalue weighted by Crippen LogP contribution is -2.41. The normalized spacial score (nSPS) is 40.8. The Hall–Kier alpha value is -0.120. The highest BCUT2D eigenvalue weighted by atomic mass is 16.6. The van der Waals surface area contributed by atoms with Crippen LogP contribution in [-0.4, -0.2) is 38.5 Å². The van der Waals surface area contributed by atoms with Crippen molar-refractivity contribution in [1.29, 1.82) is 0 Å². The van der Waals surface area contributed by atoms with E-state index >= 15 is 0 Å². The Labute approximate surface area is 79.8 Å². The van der Waals surface area contributed by atoms with Gasteiger partial charge >= 0.3 is 0 Å². The zero-order valence-corrected chi connectivity index (χ0v) is 8.29. The smallest absolute Gasteiger partial charge is 0.0834 e. The molecule has 3 nitrogen and oxygen atoms in total. The molecule has 3 atom stereocenters. The predicted octanol–water partition coefficient (Wildman–Crippen LogP) is 0.790. The Morgan fingerprint density at radius 1 is 1.38 bits per heavy atom. The number of hydrogen-bond acceptors (Lipinski definition) is 3. The highest BCUT2D eigenvalue weighted by molar-refractivity contribution is 4.77. The highest BCUT2D eigenvalue weighted by Gasteiger charge is 2.26. The van der Waals surface area contributed by atoms with Gasteiger partial charge in [-0.15, -0.1) is 0 Å². The van der Waals surface area contributed by atoms with Crippen molar-refractivity contribution in [2.45, 2.75) is 32.0 Å². The summed E-state index contributed by atoms with van der Waals surface area (Å²) in [6.07, 6.45) is 3.05. The van der Waals surface area contributed by atoms with Crippen LogP contribution < -0.4 is 5.32 Å². The van der Waals surface area contributed by atoms with Gasteiger partial charge in [0.25, 0.3) is 0 Å². The van der Waals surface area contributed by atoms with Gasteiger partial charge in [-0.3, -0.25) is 0 Å². The minimum atomic E-state index is 0.366. The molecule has 76 valence electrons. The van der Waals surface area contributed by atoms with Crippen molar-refractivity contribution in [3.8, 4) is 0 Å². The molecule has 0 aromatic rings. The number of nitrogens with one attached hydrogen (secondary N) is 1. The van der Waals surface area contributed by atoms with Crippen LogP contribution >= 0.6 is 0 Å². The second-order valence-electron chi connectivity index (χ2n) is 4.13. The lowest BCUT2D eigenvalue weighted by Gasteiger charge is -2.31. The van der Waals surface area contributed by atoms with Crippen LogP contribution in [-0.2, 0) is 9.47 Å². The van der Waals surface area contributed by atoms with Gasteiger partial charge in [-0.05, 0) is 25.3 Å². The van der Waals surface area contributed by atoms with E-state index in [1.54, 1.807) is 0 Å². The third-order valence-corrected chi connectivity index (χ3v) is 2.96. The molecule has 0 amide bonds. The molecule has 2 aliphatic rings. The van der Waals surface area contributed by atoms with Gasteiger partial charge in [0.15, 0.2) is 0 Å². The van der Waals surface area contributed by atoms with Crippen LogP contribution in [0.5, 0.6) is 0 Å². The molecule has 0 aliphatic carbocycles. The second kappa shape index (κ2) is 4.40. The topological polar surface area (TPSA) is 30.5 Å². The van der Waals surface area contributed by atoms with Crippen molar-refractivity contribution < 1.29 is 9.47 Å². The van der Waals surface area contributed by atoms with Crippen molar-refractivity contribution in [2.75, 3.05) is 26.3 Å². The average molecular weight is 185 g/mol. The van der Waals surface area contributed by atoms with Crippen LogP contribution in [0.2, 0.25) is 0 Å². The molecule has 2 saturated heterocycles. The van der Waals surface area contributed by atoms with Crippen molar-refractivity contribution >= 4 is 0 Å². The van der Waals surface area contributed by atoms with Gasteiger partial charge in [0.1, 0.15) is 0 Å². The van der Waals surface area contributed by atoms with Crippen molar-refractivity contribution in [3.05, 3.63) is 0 Å². The Balaban J connectivity index is 1.78. The second-order valence-corrected chi connectivity index (χ2v) is 4.13. The Morgan fingerprint density at radius 2 is 2.31 bits per heavy atom. The van der Waals surface area contributed by atoms with Crippen molar-refractivity contribution in [1.82, 2.24) is 5.32 Å². The summed E-state index contributed by atoms with van der Waals surface area (Å²) < 4.78 is 11.3. The van der Waals surface area contributed by atoms with Crippen LogP contribution in [0, 0.1) is 5.92 Å². The molecule has 3 unspecified atom stereocenters. The van der Waals surface area contributed by atoms with Gasteiger partial charge < -0.3 is 14.8 Å². The van der Waals surface area contributed by atoms with Crippen LogP contribution in [0.25, 0.3) is 0 Å². The summed E-state index contributed by atoms with van der Waals surface area (Å²) in [5.41, 5.74) is 0. The molecule has 0 aromatic heterocycles. The highest BCUT2D eigenvalue weighted by Crippen LogP contribution is 2.19. The Bertz CT molecular complexity index is 157. The first-order valence-electron chi connectivity index (χ1n) is 5.30. The van der Waals surface area contributed by atoms with Gasteiger partial charge in [0, 0.05) is 13.2 Å². The third kappa shape index (κ3) is 2.42. The summed E-state index contributed by atoms with van der Waals surface area (Å²) in [5.74, 6) is 0.648. The van der Waals surface area contributed by atoms with Gasteiger partial charge in [-0.25, -0.2) is 0 Å². The first-order chi connectivity index (χ1) is 6.36. The van der Waals surface area contributed by atoms with E-state index in [0.717, 1.165) is 39.1 Å². The van der Waals surface area contributed by atoms with Crippen LogP contribution in [0.4, 0.5) is 0 Å². The fourth-order valence-electron chi connectivity index (χ4n) is 2.06. The largest absolute Gasteiger partial charge is 0.379 e. The van der Waals surface area contributed by atoms with Gasteiger partial charge in [-0.2, -0.15) is 0 Å². The molecule has 3 heteroatoms. The first kappa shape index (κ1) is 9.44. The maximum Gasteiger partial charge on any atom is 0.0834 e. The fourth-order valence-corrected chi connectivity index (χ4v) is 2.06. The molecule has 13 heavy (non-hydrogen) atoms. The van der Waals surface area contributed by atoms with Crippen molar-refractivity contribution in [3.63, 3.8) is 0 Å². The molecule has 0 radical (unpaired) electrons. The lowest BCUT2D eigenvalue weighted by molar-refractivity contribution is -0.0521. The molecule has 0 spiro atoms. The van der Waals surface area contributed by atoms with Crippen molar-refractivity contribution in [2.24, 2.45) is 5.92 Å². The van der Waals surface area contributed by atoms with Gasteiger partial charge in [0.05, 0.1) is 18.8 Å². The van der Waals surface area contributed by atoms with E-state index in [0.29, 0.717) is 18.1 Å². The van der Waals surface area contributed by atoms with E-state index in [1.165, 1.54) is 0 Å². The van der Waals surface area contributed by atoms with Crippen LogP contribution in [0.15, 0.2) is 0 Å². The summed E-state index contributed by atoms with van der Waals surface area (Å²) in [5, 5.41) is 3.38. The Kier molecular flexibility index (Phi) is 3.19. The van der Waals surface area contributed by atoms with Gasteiger partial charge in [0.2, 0.25) is 0 Å². The molecular weight excluding hydrogens is 166 g/mol. The standard InChI is InChI=1S/C10H19NO2/c1-8-6-11-4-2-10(8)13-9-3-5-12-7-9/h8-11H,2-7H2,1H3. The predicted molar refractivity (Wildman–Crippen MR) is 50.7 cm³/mol. The maximum atomic E-state index is 6.00. The molecule has 2 rings (SSSR count). The molecular formula is C10H19NO2. The first-order valence-corrected chi connectivity index (χ1v) is 5.30. The maximum absolute atomic E-state index is 6.00. The molecule has 0 aromatic carbocycles. The summed E-state index contributed by atoms with van der Waals surface area (Å²) in [7, 11) is 0. The molecule has 0 bridgehead atoms. The van der Waals surface area contributed by atoms with Crippen LogP contribution in [0.1, 0.15) is 19.8 Å². The summed E-state index contributed by atoms with van der Waals surface area (Å²) in [6, 6.07) is 0. The summed E-state index contributed by atoms with van der Waals surface area (Å²) in [4.78, 5) is 0. The number of piperidine rings is 1. The van der Waals surface area contributed by atoms with E-state index in [1.807, 2.05) is 0 Å². The molecule has 1 N–H and O–H groups in total. The van der Waals surface area contributed by atoms with E-state index < -0.39 is 0 Å². The SMILES string of the molecule is CC1CNCCC1OC1CCOC1. The quantitative estimate of drug-likeness (QED) is 0.690. The molecule has 2 aliphatic heterocycles. The summed E-state index contributed by atoms with van der Waals surface area (Å²) in [6.45, 7) is 6.13. The number of hydrogen-bond donors (Lipinski definition) is 1. The minimum absolute atomic E-state index is 0.366. The van der Waals surface area contributed by atoms with E-state index in [9.17, 15) is 0 Å².